The number of benzene rings is 1. The number of para-hydroxylation sites is 1. The highest BCUT2D eigenvalue weighted by Crippen LogP contribution is 2.24. The summed E-state index contributed by atoms with van der Waals surface area (Å²) in [5.41, 5.74) is 1.84. The van der Waals surface area contributed by atoms with Crippen molar-refractivity contribution in [3.8, 4) is 0 Å². The Morgan fingerprint density at radius 2 is 1.87 bits per heavy atom. The first-order valence-electron chi connectivity index (χ1n) is 10.6. The number of carbonyl (C=O) groups excluding carboxylic acids is 1. The third-order valence-corrected chi connectivity index (χ3v) is 7.42. The highest BCUT2D eigenvalue weighted by atomic mass is 32.2. The van der Waals surface area contributed by atoms with Gasteiger partial charge in [0.15, 0.2) is 0 Å². The van der Waals surface area contributed by atoms with Crippen LogP contribution in [0.15, 0.2) is 24.3 Å². The second kappa shape index (κ2) is 10.1. The van der Waals surface area contributed by atoms with Gasteiger partial charge < -0.3 is 15.0 Å². The molecule has 8 nitrogen and oxygen atoms in total. The number of carbonyl (C=O) groups is 1. The average molecular weight is 439 g/mol. The van der Waals surface area contributed by atoms with Crippen LogP contribution in [0.1, 0.15) is 24.8 Å². The molecule has 9 heteroatoms. The summed E-state index contributed by atoms with van der Waals surface area (Å²) in [6.45, 7) is 5.80. The zero-order chi connectivity index (χ0) is 21.7. The molecule has 0 radical (unpaired) electrons. The van der Waals surface area contributed by atoms with Crippen LogP contribution in [-0.2, 0) is 14.8 Å². The van der Waals surface area contributed by atoms with Crippen LogP contribution in [0.25, 0.3) is 0 Å². The molecule has 0 aliphatic carbocycles. The van der Waals surface area contributed by atoms with Crippen molar-refractivity contribution in [3.63, 3.8) is 0 Å². The van der Waals surface area contributed by atoms with E-state index in [1.165, 1.54) is 6.26 Å². The van der Waals surface area contributed by atoms with Crippen LogP contribution < -0.4 is 5.32 Å². The number of hydrogen-bond acceptors (Lipinski definition) is 5. The molecule has 1 aromatic rings. The van der Waals surface area contributed by atoms with Crippen LogP contribution in [-0.4, -0.2) is 93.3 Å². The van der Waals surface area contributed by atoms with Crippen molar-refractivity contribution < 1.29 is 17.9 Å². The lowest BCUT2D eigenvalue weighted by molar-refractivity contribution is 0.0171. The van der Waals surface area contributed by atoms with Gasteiger partial charge in [0.25, 0.3) is 0 Å². The monoisotopic (exact) mass is 438 g/mol. The second-order valence-corrected chi connectivity index (χ2v) is 10.3. The van der Waals surface area contributed by atoms with Gasteiger partial charge in [0.1, 0.15) is 0 Å². The Morgan fingerprint density at radius 1 is 1.17 bits per heavy atom. The Kier molecular flexibility index (Phi) is 7.73. The molecule has 2 amide bonds. The largest absolute Gasteiger partial charge is 0.381 e. The number of sulfonamides is 1. The molecule has 1 aromatic carbocycles. The maximum atomic E-state index is 12.6. The molecular weight excluding hydrogens is 404 g/mol. The van der Waals surface area contributed by atoms with Gasteiger partial charge in [-0.25, -0.2) is 17.5 Å². The Morgan fingerprint density at radius 3 is 2.50 bits per heavy atom. The highest BCUT2D eigenvalue weighted by molar-refractivity contribution is 7.88. The fraction of sp³-hybridized carbons (Fsp3) is 0.667. The molecule has 3 rings (SSSR count). The first-order chi connectivity index (χ1) is 14.3. The molecule has 2 fully saturated rings. The summed E-state index contributed by atoms with van der Waals surface area (Å²) in [7, 11) is -1.38. The lowest BCUT2D eigenvalue weighted by Crippen LogP contribution is -2.50. The number of ether oxygens (including phenoxy) is 1. The summed E-state index contributed by atoms with van der Waals surface area (Å²) in [4.78, 5) is 16.8. The maximum Gasteiger partial charge on any atom is 0.321 e. The van der Waals surface area contributed by atoms with E-state index in [1.807, 2.05) is 31.2 Å². The van der Waals surface area contributed by atoms with Gasteiger partial charge in [-0.2, -0.15) is 0 Å². The summed E-state index contributed by atoms with van der Waals surface area (Å²) >= 11 is 0. The lowest BCUT2D eigenvalue weighted by Gasteiger charge is -2.39. The van der Waals surface area contributed by atoms with Crippen molar-refractivity contribution in [2.24, 2.45) is 0 Å². The van der Waals surface area contributed by atoms with Crippen molar-refractivity contribution in [1.82, 2.24) is 14.1 Å². The van der Waals surface area contributed by atoms with Gasteiger partial charge in [-0.1, -0.05) is 18.2 Å². The third kappa shape index (κ3) is 5.94. The Labute approximate surface area is 180 Å². The SMILES string of the molecule is Cc1ccccc1NC(=O)N(C)CCN(C1CCOCC1)C1CCN(S(C)(=O)=O)C1. The van der Waals surface area contributed by atoms with E-state index in [1.54, 1.807) is 16.3 Å². The van der Waals surface area contributed by atoms with Crippen molar-refractivity contribution in [2.75, 3.05) is 58.0 Å². The van der Waals surface area contributed by atoms with Gasteiger partial charge in [-0.3, -0.25) is 4.90 Å². The predicted molar refractivity (Wildman–Crippen MR) is 118 cm³/mol. The van der Waals surface area contributed by atoms with E-state index in [9.17, 15) is 13.2 Å². The second-order valence-electron chi connectivity index (χ2n) is 8.31. The molecule has 0 bridgehead atoms. The molecule has 0 spiro atoms. The van der Waals surface area contributed by atoms with Crippen LogP contribution in [0.3, 0.4) is 0 Å². The fourth-order valence-electron chi connectivity index (χ4n) is 4.25. The fourth-order valence-corrected chi connectivity index (χ4v) is 5.13. The first kappa shape index (κ1) is 23.0. The molecule has 168 valence electrons. The van der Waals surface area contributed by atoms with Crippen molar-refractivity contribution in [2.45, 2.75) is 38.3 Å². The molecule has 0 aromatic heterocycles. The molecule has 2 aliphatic heterocycles. The van der Waals surface area contributed by atoms with E-state index in [0.29, 0.717) is 32.2 Å². The van der Waals surface area contributed by atoms with Gasteiger partial charge in [-0.05, 0) is 37.8 Å². The van der Waals surface area contributed by atoms with E-state index in [-0.39, 0.29) is 12.1 Å². The Hall–Kier alpha value is -1.68. The number of amides is 2. The standard InChI is InChI=1S/C21H34N4O4S/c1-17-6-4-5-7-20(17)22-21(26)23(2)12-13-25(18-9-14-29-15-10-18)19-8-11-24(16-19)30(3,27)28/h4-7,18-19H,8-16H2,1-3H3,(H,22,26). The highest BCUT2D eigenvalue weighted by Gasteiger charge is 2.35. The molecule has 0 saturated carbocycles. The van der Waals surface area contributed by atoms with Gasteiger partial charge in [0.05, 0.1) is 6.26 Å². The predicted octanol–water partition coefficient (Wildman–Crippen LogP) is 1.97. The summed E-state index contributed by atoms with van der Waals surface area (Å²) in [6.07, 6.45) is 3.98. The van der Waals surface area contributed by atoms with Crippen LogP contribution in [0.4, 0.5) is 10.5 Å². The Bertz CT molecular complexity index is 826. The van der Waals surface area contributed by atoms with Crippen molar-refractivity contribution in [1.29, 1.82) is 0 Å². The minimum Gasteiger partial charge on any atom is -0.381 e. The molecule has 2 heterocycles. The summed E-state index contributed by atoms with van der Waals surface area (Å²) < 4.78 is 31.0. The van der Waals surface area contributed by atoms with Crippen LogP contribution in [0.2, 0.25) is 0 Å². The minimum absolute atomic E-state index is 0.139. The van der Waals surface area contributed by atoms with Crippen molar-refractivity contribution >= 4 is 21.7 Å². The number of rotatable bonds is 7. The van der Waals surface area contributed by atoms with Crippen LogP contribution >= 0.6 is 0 Å². The number of aryl methyl sites for hydroxylation is 1. The van der Waals surface area contributed by atoms with E-state index in [4.69, 9.17) is 4.74 Å². The van der Waals surface area contributed by atoms with E-state index in [0.717, 1.165) is 43.7 Å². The molecule has 1 atom stereocenters. The topological polar surface area (TPSA) is 82.2 Å². The number of urea groups is 1. The summed E-state index contributed by atoms with van der Waals surface area (Å²) in [5, 5.41) is 2.97. The molecule has 30 heavy (non-hydrogen) atoms. The third-order valence-electron chi connectivity index (χ3n) is 6.15. The van der Waals surface area contributed by atoms with Gasteiger partial charge in [0, 0.05) is 64.2 Å². The normalized spacial score (nSPS) is 21.1. The quantitative estimate of drug-likeness (QED) is 0.704. The van der Waals surface area contributed by atoms with E-state index < -0.39 is 10.0 Å². The summed E-state index contributed by atoms with van der Waals surface area (Å²) in [5.74, 6) is 0. The van der Waals surface area contributed by atoms with Gasteiger partial charge in [-0.15, -0.1) is 0 Å². The molecule has 1 N–H and O–H groups in total. The maximum absolute atomic E-state index is 12.6. The van der Waals surface area contributed by atoms with Gasteiger partial charge in [0.2, 0.25) is 10.0 Å². The van der Waals surface area contributed by atoms with Crippen LogP contribution in [0, 0.1) is 6.92 Å². The number of hydrogen-bond donors (Lipinski definition) is 1. The number of anilines is 1. The molecular formula is C21H34N4O4S. The smallest absolute Gasteiger partial charge is 0.321 e. The summed E-state index contributed by atoms with van der Waals surface area (Å²) in [6, 6.07) is 8.11. The zero-order valence-corrected chi connectivity index (χ0v) is 19.0. The zero-order valence-electron chi connectivity index (χ0n) is 18.2. The van der Waals surface area contributed by atoms with Gasteiger partial charge >= 0.3 is 6.03 Å². The van der Waals surface area contributed by atoms with Crippen LogP contribution in [0.5, 0.6) is 0 Å². The number of nitrogens with zero attached hydrogens (tertiary/aromatic N) is 3. The van der Waals surface area contributed by atoms with Crippen molar-refractivity contribution in [3.05, 3.63) is 29.8 Å². The molecule has 2 saturated heterocycles. The minimum atomic E-state index is -3.18. The average Bonchev–Trinajstić information content (AvgIpc) is 3.21. The first-order valence-corrected chi connectivity index (χ1v) is 12.5. The number of nitrogens with one attached hydrogen (secondary N) is 1. The Balaban J connectivity index is 1.61. The lowest BCUT2D eigenvalue weighted by atomic mass is 10.0. The van der Waals surface area contributed by atoms with E-state index in [2.05, 4.69) is 10.2 Å². The molecule has 2 aliphatic rings. The molecule has 1 unspecified atom stereocenters. The number of likely N-dealkylation sites (N-methyl/N-ethyl adjacent to an activating group) is 1. The van der Waals surface area contributed by atoms with E-state index >= 15 is 0 Å².